The second kappa shape index (κ2) is 12.2. The normalized spacial score (nSPS) is 25.6. The third-order valence-corrected chi connectivity index (χ3v) is 5.51. The lowest BCUT2D eigenvalue weighted by Crippen LogP contribution is -2.48. The number of carbonyl (C=O) groups is 1. The molecule has 0 saturated carbocycles. The third-order valence-electron chi connectivity index (χ3n) is 5.18. The SMILES string of the molecule is CC1CN(C(CNC(=O)[C@@H]2CC[C@H](CN)O2)c2c(F)cccc2Cl)CCO1.Cl.Cl. The highest BCUT2D eigenvalue weighted by molar-refractivity contribution is 6.31. The fraction of sp³-hybridized carbons (Fsp3) is 0.632. The van der Waals surface area contributed by atoms with E-state index in [1.807, 2.05) is 6.92 Å². The summed E-state index contributed by atoms with van der Waals surface area (Å²) in [6.07, 6.45) is 0.883. The molecule has 0 bridgehead atoms. The minimum absolute atomic E-state index is 0. The molecule has 0 aromatic heterocycles. The van der Waals surface area contributed by atoms with Gasteiger partial charge in [0.25, 0.3) is 0 Å². The predicted octanol–water partition coefficient (Wildman–Crippen LogP) is 2.71. The Hall–Kier alpha value is -0.670. The summed E-state index contributed by atoms with van der Waals surface area (Å²) >= 11 is 6.31. The molecule has 4 atom stereocenters. The molecule has 0 radical (unpaired) electrons. The highest BCUT2D eigenvalue weighted by Crippen LogP contribution is 2.31. The highest BCUT2D eigenvalue weighted by Gasteiger charge is 2.33. The van der Waals surface area contributed by atoms with Crippen LogP contribution in [-0.4, -0.2) is 61.9 Å². The van der Waals surface area contributed by atoms with Gasteiger partial charge < -0.3 is 20.5 Å². The van der Waals surface area contributed by atoms with Crippen LogP contribution in [0.1, 0.15) is 31.4 Å². The number of hydrogen-bond acceptors (Lipinski definition) is 5. The molecule has 0 aliphatic carbocycles. The summed E-state index contributed by atoms with van der Waals surface area (Å²) in [6, 6.07) is 4.27. The van der Waals surface area contributed by atoms with Crippen molar-refractivity contribution >= 4 is 42.3 Å². The molecule has 2 heterocycles. The van der Waals surface area contributed by atoms with Gasteiger partial charge in [-0.3, -0.25) is 9.69 Å². The number of amides is 1. The monoisotopic (exact) mass is 471 g/mol. The van der Waals surface area contributed by atoms with Crippen molar-refractivity contribution in [2.75, 3.05) is 32.8 Å². The van der Waals surface area contributed by atoms with Gasteiger partial charge in [0.2, 0.25) is 5.91 Å². The minimum Gasteiger partial charge on any atom is -0.376 e. The molecule has 10 heteroatoms. The number of morpholine rings is 1. The molecular formula is C19H29Cl3FN3O3. The van der Waals surface area contributed by atoms with Gasteiger partial charge in [-0.25, -0.2) is 4.39 Å². The van der Waals surface area contributed by atoms with E-state index in [0.717, 1.165) is 6.42 Å². The number of carbonyl (C=O) groups excluding carboxylic acids is 1. The first-order valence-corrected chi connectivity index (χ1v) is 9.80. The second-order valence-electron chi connectivity index (χ2n) is 7.13. The van der Waals surface area contributed by atoms with Gasteiger partial charge in [-0.2, -0.15) is 0 Å². The van der Waals surface area contributed by atoms with Crippen molar-refractivity contribution in [3.05, 3.63) is 34.6 Å². The Kier molecular flexibility index (Phi) is 11.1. The van der Waals surface area contributed by atoms with Gasteiger partial charge in [0.05, 0.1) is 24.9 Å². The molecule has 29 heavy (non-hydrogen) atoms. The van der Waals surface area contributed by atoms with Crippen LogP contribution in [0.3, 0.4) is 0 Å². The molecule has 6 nitrogen and oxygen atoms in total. The molecule has 2 saturated heterocycles. The summed E-state index contributed by atoms with van der Waals surface area (Å²) in [5.74, 6) is -0.564. The standard InChI is InChI=1S/C19H27ClFN3O3.2ClH/c1-12-11-24(7-8-26-12)16(18-14(20)3-2-4-15(18)21)10-23-19(25)17-6-5-13(9-22)27-17;;/h2-4,12-13,16-17H,5-11,22H2,1H3,(H,23,25);2*1H/t12?,13-,16?,17+;;/m1../s1. The number of hydrogen-bond donors (Lipinski definition) is 2. The summed E-state index contributed by atoms with van der Waals surface area (Å²) in [7, 11) is 0. The van der Waals surface area contributed by atoms with Crippen LogP contribution in [0.15, 0.2) is 18.2 Å². The first-order valence-electron chi connectivity index (χ1n) is 9.42. The zero-order chi connectivity index (χ0) is 19.4. The summed E-state index contributed by atoms with van der Waals surface area (Å²) in [4.78, 5) is 14.6. The Morgan fingerprint density at radius 2 is 2.17 bits per heavy atom. The molecule has 3 N–H and O–H groups in total. The predicted molar refractivity (Wildman–Crippen MR) is 116 cm³/mol. The Morgan fingerprint density at radius 1 is 1.41 bits per heavy atom. The summed E-state index contributed by atoms with van der Waals surface area (Å²) in [5, 5.41) is 3.28. The zero-order valence-corrected chi connectivity index (χ0v) is 18.7. The van der Waals surface area contributed by atoms with Gasteiger partial charge in [0, 0.05) is 36.8 Å². The fourth-order valence-corrected chi connectivity index (χ4v) is 4.04. The molecule has 0 spiro atoms. The molecular weight excluding hydrogens is 444 g/mol. The number of nitrogens with zero attached hydrogens (tertiary/aromatic N) is 1. The van der Waals surface area contributed by atoms with Gasteiger partial charge in [0.1, 0.15) is 11.9 Å². The number of halogens is 4. The molecule has 1 aromatic rings. The zero-order valence-electron chi connectivity index (χ0n) is 16.3. The number of ether oxygens (including phenoxy) is 2. The molecule has 3 rings (SSSR count). The van der Waals surface area contributed by atoms with Crippen molar-refractivity contribution < 1.29 is 18.7 Å². The van der Waals surface area contributed by atoms with Crippen LogP contribution < -0.4 is 11.1 Å². The Balaban J connectivity index is 0.00000210. The topological polar surface area (TPSA) is 76.8 Å². The average Bonchev–Trinajstić information content (AvgIpc) is 3.13. The van der Waals surface area contributed by atoms with E-state index in [1.54, 1.807) is 12.1 Å². The molecule has 2 aliphatic rings. The van der Waals surface area contributed by atoms with Crippen LogP contribution in [0.25, 0.3) is 0 Å². The Bertz CT molecular complexity index is 651. The number of nitrogens with one attached hydrogen (secondary N) is 1. The maximum atomic E-state index is 14.6. The van der Waals surface area contributed by atoms with Crippen LogP contribution in [0.2, 0.25) is 5.02 Å². The minimum atomic E-state index is -0.501. The van der Waals surface area contributed by atoms with Crippen molar-refractivity contribution in [3.8, 4) is 0 Å². The number of rotatable bonds is 6. The van der Waals surface area contributed by atoms with Crippen molar-refractivity contribution in [2.24, 2.45) is 5.73 Å². The van der Waals surface area contributed by atoms with Gasteiger partial charge in [-0.05, 0) is 31.9 Å². The van der Waals surface area contributed by atoms with Crippen molar-refractivity contribution in [2.45, 2.75) is 44.1 Å². The fourth-order valence-electron chi connectivity index (χ4n) is 3.75. The number of nitrogens with two attached hydrogens (primary N) is 1. The second-order valence-corrected chi connectivity index (χ2v) is 7.54. The Morgan fingerprint density at radius 3 is 2.79 bits per heavy atom. The van der Waals surface area contributed by atoms with Crippen molar-refractivity contribution in [1.29, 1.82) is 0 Å². The van der Waals surface area contributed by atoms with Gasteiger partial charge in [-0.15, -0.1) is 24.8 Å². The maximum absolute atomic E-state index is 14.6. The van der Waals surface area contributed by atoms with E-state index >= 15 is 0 Å². The highest BCUT2D eigenvalue weighted by atomic mass is 35.5. The van der Waals surface area contributed by atoms with Gasteiger partial charge >= 0.3 is 0 Å². The van der Waals surface area contributed by atoms with Crippen molar-refractivity contribution in [3.63, 3.8) is 0 Å². The lowest BCUT2D eigenvalue weighted by molar-refractivity contribution is -0.132. The van der Waals surface area contributed by atoms with Gasteiger partial charge in [-0.1, -0.05) is 17.7 Å². The van der Waals surface area contributed by atoms with E-state index in [-0.39, 0.29) is 61.3 Å². The summed E-state index contributed by atoms with van der Waals surface area (Å²) in [6.45, 7) is 4.47. The lowest BCUT2D eigenvalue weighted by atomic mass is 10.0. The van der Waals surface area contributed by atoms with Crippen molar-refractivity contribution in [1.82, 2.24) is 10.2 Å². The molecule has 166 valence electrons. The smallest absolute Gasteiger partial charge is 0.249 e. The summed E-state index contributed by atoms with van der Waals surface area (Å²) in [5.41, 5.74) is 6.01. The molecule has 1 aromatic carbocycles. The van der Waals surface area contributed by atoms with Crippen LogP contribution in [0, 0.1) is 5.82 Å². The molecule has 2 unspecified atom stereocenters. The largest absolute Gasteiger partial charge is 0.376 e. The molecule has 2 fully saturated rings. The Labute approximate surface area is 188 Å². The average molecular weight is 473 g/mol. The molecule has 1 amide bonds. The molecule has 2 aliphatic heterocycles. The van der Waals surface area contributed by atoms with Gasteiger partial charge in [0.15, 0.2) is 0 Å². The van der Waals surface area contributed by atoms with E-state index in [9.17, 15) is 9.18 Å². The first-order chi connectivity index (χ1) is 13.0. The van der Waals surface area contributed by atoms with Crippen LogP contribution in [-0.2, 0) is 14.3 Å². The van der Waals surface area contributed by atoms with Crippen LogP contribution in [0.4, 0.5) is 4.39 Å². The number of benzene rings is 1. The quantitative estimate of drug-likeness (QED) is 0.666. The lowest BCUT2D eigenvalue weighted by Gasteiger charge is -2.38. The summed E-state index contributed by atoms with van der Waals surface area (Å²) < 4.78 is 25.8. The van der Waals surface area contributed by atoms with E-state index in [4.69, 9.17) is 26.8 Å². The van der Waals surface area contributed by atoms with Crippen LogP contribution in [0.5, 0.6) is 0 Å². The third kappa shape index (κ3) is 6.66. The first kappa shape index (κ1) is 26.4. The van der Waals surface area contributed by atoms with E-state index in [2.05, 4.69) is 10.2 Å². The van der Waals surface area contributed by atoms with E-state index in [1.165, 1.54) is 6.07 Å². The van der Waals surface area contributed by atoms with Crippen LogP contribution >= 0.6 is 36.4 Å². The van der Waals surface area contributed by atoms with E-state index < -0.39 is 6.10 Å². The van der Waals surface area contributed by atoms with E-state index in [0.29, 0.717) is 43.2 Å². The maximum Gasteiger partial charge on any atom is 0.249 e.